The minimum atomic E-state index is 0.670. The van der Waals surface area contributed by atoms with Crippen LogP contribution in [-0.2, 0) is 0 Å². The predicted octanol–water partition coefficient (Wildman–Crippen LogP) is 10.7. The number of fused-ring (bicyclic) bond motifs is 8. The highest BCUT2D eigenvalue weighted by molar-refractivity contribution is 7.26. The molecule has 200 valence electrons. The maximum Gasteiger partial charge on any atom is 0.165 e. The molecule has 2 aromatic heterocycles. The summed E-state index contributed by atoms with van der Waals surface area (Å²) in [6.07, 6.45) is 0. The van der Waals surface area contributed by atoms with E-state index in [4.69, 9.17) is 15.0 Å². The average molecular weight is 566 g/mol. The normalized spacial score (nSPS) is 11.7. The van der Waals surface area contributed by atoms with E-state index in [1.54, 1.807) is 0 Å². The van der Waals surface area contributed by atoms with Gasteiger partial charge in [0.25, 0.3) is 0 Å². The molecule has 43 heavy (non-hydrogen) atoms. The summed E-state index contributed by atoms with van der Waals surface area (Å²) in [4.78, 5) is 15.2. The van der Waals surface area contributed by atoms with E-state index in [1.807, 2.05) is 47.7 Å². The topological polar surface area (TPSA) is 38.7 Å². The van der Waals surface area contributed by atoms with Crippen LogP contribution in [0, 0.1) is 0 Å². The molecule has 0 aliphatic heterocycles. The summed E-state index contributed by atoms with van der Waals surface area (Å²) in [6, 6.07) is 49.1. The van der Waals surface area contributed by atoms with Gasteiger partial charge < -0.3 is 0 Å². The molecule has 0 bridgehead atoms. The highest BCUT2D eigenvalue weighted by atomic mass is 32.1. The third kappa shape index (κ3) is 3.92. The lowest BCUT2D eigenvalue weighted by molar-refractivity contribution is 1.08. The molecule has 0 amide bonds. The Bertz CT molecular complexity index is 2440. The van der Waals surface area contributed by atoms with Crippen LogP contribution in [0.2, 0.25) is 0 Å². The highest BCUT2D eigenvalue weighted by Crippen LogP contribution is 2.46. The molecule has 0 aliphatic carbocycles. The molecule has 0 saturated carbocycles. The molecule has 0 fully saturated rings. The Morgan fingerprint density at radius 3 is 1.65 bits per heavy atom. The minimum Gasteiger partial charge on any atom is -0.208 e. The highest BCUT2D eigenvalue weighted by Gasteiger charge is 2.20. The lowest BCUT2D eigenvalue weighted by Gasteiger charge is -2.12. The van der Waals surface area contributed by atoms with Gasteiger partial charge in [0.1, 0.15) is 0 Å². The standard InChI is InChI=1S/C39H23N3S/c1-3-12-25(13-4-1)37-40-38(26-14-5-2-6-15-26)42-39(41-37)32-22-29-20-19-24-11-9-10-18-30(24)34(29)35-31-21-27-16-7-8-17-28(27)23-33(31)43-36(32)35/h1-23H. The zero-order valence-electron chi connectivity index (χ0n) is 23.0. The van der Waals surface area contributed by atoms with Crippen molar-refractivity contribution in [3.05, 3.63) is 140 Å². The molecule has 0 radical (unpaired) electrons. The maximum atomic E-state index is 5.13. The van der Waals surface area contributed by atoms with E-state index in [9.17, 15) is 0 Å². The quantitative estimate of drug-likeness (QED) is 0.200. The van der Waals surface area contributed by atoms with Crippen molar-refractivity contribution in [2.75, 3.05) is 0 Å². The summed E-state index contributed by atoms with van der Waals surface area (Å²) in [5.41, 5.74) is 2.96. The number of thiophene rings is 1. The minimum absolute atomic E-state index is 0.670. The summed E-state index contributed by atoms with van der Waals surface area (Å²) < 4.78 is 2.45. The first-order chi connectivity index (χ1) is 21.3. The van der Waals surface area contributed by atoms with Gasteiger partial charge in [0.05, 0.1) is 0 Å². The fourth-order valence-corrected chi connectivity index (χ4v) is 7.48. The van der Waals surface area contributed by atoms with E-state index >= 15 is 0 Å². The number of rotatable bonds is 3. The smallest absolute Gasteiger partial charge is 0.165 e. The fraction of sp³-hybridized carbons (Fsp3) is 0. The van der Waals surface area contributed by atoms with Gasteiger partial charge in [-0.15, -0.1) is 11.3 Å². The third-order valence-electron chi connectivity index (χ3n) is 8.25. The molecule has 0 spiro atoms. The molecular formula is C39H23N3S. The van der Waals surface area contributed by atoms with Crippen molar-refractivity contribution in [3.63, 3.8) is 0 Å². The van der Waals surface area contributed by atoms with Crippen molar-refractivity contribution >= 4 is 63.8 Å². The van der Waals surface area contributed by atoms with Gasteiger partial charge in [0.15, 0.2) is 17.5 Å². The molecule has 0 atom stereocenters. The Hall–Kier alpha value is -5.45. The van der Waals surface area contributed by atoms with Crippen molar-refractivity contribution in [2.24, 2.45) is 0 Å². The van der Waals surface area contributed by atoms with E-state index in [-0.39, 0.29) is 0 Å². The van der Waals surface area contributed by atoms with Crippen molar-refractivity contribution < 1.29 is 0 Å². The molecule has 9 rings (SSSR count). The lowest BCUT2D eigenvalue weighted by atomic mass is 9.94. The summed E-state index contributed by atoms with van der Waals surface area (Å²) in [7, 11) is 0. The molecule has 2 heterocycles. The monoisotopic (exact) mass is 565 g/mol. The van der Waals surface area contributed by atoms with E-state index in [0.717, 1.165) is 16.7 Å². The molecule has 0 aliphatic rings. The van der Waals surface area contributed by atoms with E-state index < -0.39 is 0 Å². The van der Waals surface area contributed by atoms with Gasteiger partial charge in [-0.3, -0.25) is 0 Å². The largest absolute Gasteiger partial charge is 0.208 e. The first kappa shape index (κ1) is 24.2. The van der Waals surface area contributed by atoms with Crippen LogP contribution in [0.4, 0.5) is 0 Å². The summed E-state index contributed by atoms with van der Waals surface area (Å²) in [5, 5.41) is 9.97. The van der Waals surface area contributed by atoms with Gasteiger partial charge in [-0.05, 0) is 50.5 Å². The van der Waals surface area contributed by atoms with Crippen LogP contribution in [0.5, 0.6) is 0 Å². The van der Waals surface area contributed by atoms with E-state index in [0.29, 0.717) is 17.5 Å². The third-order valence-corrected chi connectivity index (χ3v) is 9.44. The predicted molar refractivity (Wildman–Crippen MR) is 182 cm³/mol. The van der Waals surface area contributed by atoms with Crippen LogP contribution in [0.1, 0.15) is 0 Å². The zero-order chi connectivity index (χ0) is 28.3. The van der Waals surface area contributed by atoms with Crippen molar-refractivity contribution in [2.45, 2.75) is 0 Å². The summed E-state index contributed by atoms with van der Waals surface area (Å²) >= 11 is 1.82. The summed E-state index contributed by atoms with van der Waals surface area (Å²) in [6.45, 7) is 0. The van der Waals surface area contributed by atoms with Crippen LogP contribution in [0.3, 0.4) is 0 Å². The van der Waals surface area contributed by atoms with Crippen molar-refractivity contribution in [1.82, 2.24) is 15.0 Å². The van der Waals surface area contributed by atoms with Gasteiger partial charge in [0, 0.05) is 36.9 Å². The van der Waals surface area contributed by atoms with Gasteiger partial charge in [-0.2, -0.15) is 0 Å². The molecular weight excluding hydrogens is 543 g/mol. The second-order valence-corrected chi connectivity index (χ2v) is 11.9. The lowest BCUT2D eigenvalue weighted by Crippen LogP contribution is -2.00. The SMILES string of the molecule is c1ccc(-c2nc(-c3ccccc3)nc(-c3cc4ccc5ccccc5c4c4c3sc3cc5ccccc5cc34)n2)cc1. The Kier molecular flexibility index (Phi) is 5.37. The summed E-state index contributed by atoms with van der Waals surface area (Å²) in [5.74, 6) is 2.02. The first-order valence-corrected chi connectivity index (χ1v) is 15.2. The molecule has 0 saturated heterocycles. The zero-order valence-corrected chi connectivity index (χ0v) is 23.8. The Morgan fingerprint density at radius 2 is 0.953 bits per heavy atom. The second-order valence-electron chi connectivity index (χ2n) is 10.8. The molecule has 7 aromatic carbocycles. The Morgan fingerprint density at radius 1 is 0.395 bits per heavy atom. The van der Waals surface area contributed by atoms with Gasteiger partial charge in [-0.25, -0.2) is 15.0 Å². The van der Waals surface area contributed by atoms with Gasteiger partial charge in [-0.1, -0.05) is 121 Å². The Labute approximate surface area is 251 Å². The molecule has 9 aromatic rings. The second kappa shape index (κ2) is 9.55. The number of benzene rings is 7. The van der Waals surface area contributed by atoms with Crippen molar-refractivity contribution in [1.29, 1.82) is 0 Å². The van der Waals surface area contributed by atoms with Gasteiger partial charge >= 0.3 is 0 Å². The van der Waals surface area contributed by atoms with Crippen molar-refractivity contribution in [3.8, 4) is 34.2 Å². The van der Waals surface area contributed by atoms with Crippen LogP contribution in [0.15, 0.2) is 140 Å². The maximum absolute atomic E-state index is 5.13. The first-order valence-electron chi connectivity index (χ1n) is 14.4. The average Bonchev–Trinajstić information content (AvgIpc) is 3.45. The van der Waals surface area contributed by atoms with Crippen LogP contribution < -0.4 is 0 Å². The fourth-order valence-electron chi connectivity index (χ4n) is 6.22. The number of hydrogen-bond acceptors (Lipinski definition) is 4. The van der Waals surface area contributed by atoms with Crippen LogP contribution in [-0.4, -0.2) is 15.0 Å². The molecule has 0 N–H and O–H groups in total. The van der Waals surface area contributed by atoms with Crippen LogP contribution >= 0.6 is 11.3 Å². The van der Waals surface area contributed by atoms with Gasteiger partial charge in [0.2, 0.25) is 0 Å². The molecule has 0 unspecified atom stereocenters. The number of nitrogens with zero attached hydrogens (tertiary/aromatic N) is 3. The molecule has 3 nitrogen and oxygen atoms in total. The number of hydrogen-bond donors (Lipinski definition) is 0. The number of aromatic nitrogens is 3. The molecule has 4 heteroatoms. The Balaban J connectivity index is 1.44. The van der Waals surface area contributed by atoms with Crippen LogP contribution in [0.25, 0.3) is 86.7 Å². The van der Waals surface area contributed by atoms with E-state index in [2.05, 4.69) is 103 Å². The van der Waals surface area contributed by atoms with E-state index in [1.165, 1.54) is 52.5 Å².